The fourth-order valence-electron chi connectivity index (χ4n) is 2.95. The lowest BCUT2D eigenvalue weighted by molar-refractivity contribution is 0.232. The van der Waals surface area contributed by atoms with Crippen molar-refractivity contribution in [2.75, 3.05) is 0 Å². The first-order chi connectivity index (χ1) is 11.3. The van der Waals surface area contributed by atoms with Crippen molar-refractivity contribution < 1.29 is 4.79 Å². The normalized spacial score (nSPS) is 15.3. The number of urea groups is 1. The quantitative estimate of drug-likeness (QED) is 0.875. The van der Waals surface area contributed by atoms with Gasteiger partial charge in [-0.3, -0.25) is 0 Å². The second kappa shape index (κ2) is 8.11. The van der Waals surface area contributed by atoms with Crippen LogP contribution in [0.2, 0.25) is 0 Å². The molecule has 2 N–H and O–H groups in total. The van der Waals surface area contributed by atoms with E-state index in [0.717, 1.165) is 24.3 Å². The van der Waals surface area contributed by atoms with Crippen LogP contribution in [-0.2, 0) is 13.0 Å². The Hall–Kier alpha value is -1.88. The molecule has 1 saturated carbocycles. The lowest BCUT2D eigenvalue weighted by atomic mass is 9.96. The van der Waals surface area contributed by atoms with E-state index in [4.69, 9.17) is 0 Å². The van der Waals surface area contributed by atoms with Crippen molar-refractivity contribution in [1.82, 2.24) is 15.6 Å². The molecule has 0 radical (unpaired) electrons. The highest BCUT2D eigenvalue weighted by Gasteiger charge is 2.15. The number of amides is 2. The van der Waals surface area contributed by atoms with E-state index in [1.807, 2.05) is 12.3 Å². The molecule has 122 valence electrons. The molecule has 1 aliphatic carbocycles. The summed E-state index contributed by atoms with van der Waals surface area (Å²) < 4.78 is 0. The summed E-state index contributed by atoms with van der Waals surface area (Å²) in [6, 6.07) is 10.6. The monoisotopic (exact) mass is 329 g/mol. The Balaban J connectivity index is 1.44. The molecule has 1 heterocycles. The number of benzene rings is 1. The molecule has 0 spiro atoms. The van der Waals surface area contributed by atoms with Gasteiger partial charge in [0.1, 0.15) is 5.01 Å². The summed E-state index contributed by atoms with van der Waals surface area (Å²) in [5.74, 6) is 0. The minimum atomic E-state index is -0.0725. The van der Waals surface area contributed by atoms with Crippen LogP contribution in [0, 0.1) is 0 Å². The lowest BCUT2D eigenvalue weighted by Gasteiger charge is -2.22. The molecule has 23 heavy (non-hydrogen) atoms. The van der Waals surface area contributed by atoms with Crippen molar-refractivity contribution >= 4 is 17.4 Å². The van der Waals surface area contributed by atoms with E-state index >= 15 is 0 Å². The zero-order valence-corrected chi connectivity index (χ0v) is 14.1. The van der Waals surface area contributed by atoms with Gasteiger partial charge in [-0.1, -0.05) is 49.6 Å². The molecule has 5 heteroatoms. The SMILES string of the molecule is O=C(NCc1ncc(Cc2ccccc2)s1)NC1CCCCC1. The van der Waals surface area contributed by atoms with Crippen LogP contribution in [0.25, 0.3) is 0 Å². The van der Waals surface area contributed by atoms with Gasteiger partial charge < -0.3 is 10.6 Å². The number of nitrogens with zero attached hydrogens (tertiary/aromatic N) is 1. The molecule has 1 aromatic heterocycles. The maximum atomic E-state index is 11.9. The standard InChI is InChI=1S/C18H23N3OS/c22-18(21-15-9-5-2-6-10-15)20-13-17-19-12-16(23-17)11-14-7-3-1-4-8-14/h1,3-4,7-8,12,15H,2,5-6,9-11,13H2,(H2,20,21,22). The molecule has 0 unspecified atom stereocenters. The summed E-state index contributed by atoms with van der Waals surface area (Å²) >= 11 is 1.66. The van der Waals surface area contributed by atoms with Crippen LogP contribution in [-0.4, -0.2) is 17.1 Å². The van der Waals surface area contributed by atoms with Crippen molar-refractivity contribution in [2.45, 2.75) is 51.1 Å². The van der Waals surface area contributed by atoms with E-state index in [2.05, 4.69) is 39.9 Å². The maximum Gasteiger partial charge on any atom is 0.315 e. The minimum absolute atomic E-state index is 0.0725. The zero-order chi connectivity index (χ0) is 15.9. The van der Waals surface area contributed by atoms with Crippen LogP contribution in [0.3, 0.4) is 0 Å². The smallest absolute Gasteiger partial charge is 0.315 e. The topological polar surface area (TPSA) is 54.0 Å². The van der Waals surface area contributed by atoms with Crippen molar-refractivity contribution in [2.24, 2.45) is 0 Å². The summed E-state index contributed by atoms with van der Waals surface area (Å²) in [5, 5.41) is 6.94. The molecule has 2 amide bonds. The molecular formula is C18H23N3OS. The average molecular weight is 329 g/mol. The molecule has 1 aliphatic rings. The highest BCUT2D eigenvalue weighted by atomic mass is 32.1. The van der Waals surface area contributed by atoms with Gasteiger partial charge in [0.2, 0.25) is 0 Å². The van der Waals surface area contributed by atoms with Gasteiger partial charge in [-0.25, -0.2) is 9.78 Å². The molecule has 0 aliphatic heterocycles. The number of rotatable bonds is 5. The van der Waals surface area contributed by atoms with Crippen LogP contribution < -0.4 is 10.6 Å². The third kappa shape index (κ3) is 5.06. The Morgan fingerprint density at radius 3 is 2.74 bits per heavy atom. The molecule has 2 aromatic rings. The number of carbonyl (C=O) groups is 1. The Labute approximate surface area is 141 Å². The number of aromatic nitrogens is 1. The van der Waals surface area contributed by atoms with E-state index < -0.39 is 0 Å². The third-order valence-corrected chi connectivity index (χ3v) is 5.16. The molecule has 3 rings (SSSR count). The molecule has 0 atom stereocenters. The van der Waals surface area contributed by atoms with Gasteiger partial charge in [0, 0.05) is 23.5 Å². The van der Waals surface area contributed by atoms with Gasteiger partial charge >= 0.3 is 6.03 Å². The van der Waals surface area contributed by atoms with Crippen molar-refractivity contribution in [1.29, 1.82) is 0 Å². The Kier molecular flexibility index (Phi) is 5.64. The highest BCUT2D eigenvalue weighted by molar-refractivity contribution is 7.11. The molecule has 1 fully saturated rings. The summed E-state index contributed by atoms with van der Waals surface area (Å²) in [5.41, 5.74) is 1.28. The Morgan fingerprint density at radius 1 is 1.17 bits per heavy atom. The minimum Gasteiger partial charge on any atom is -0.335 e. The Bertz CT molecular complexity index is 620. The molecule has 0 saturated heterocycles. The third-order valence-electron chi connectivity index (χ3n) is 4.16. The van der Waals surface area contributed by atoms with Crippen LogP contribution in [0.1, 0.15) is 47.6 Å². The number of carbonyl (C=O) groups excluding carboxylic acids is 1. The van der Waals surface area contributed by atoms with Crippen molar-refractivity contribution in [3.8, 4) is 0 Å². The number of nitrogens with one attached hydrogen (secondary N) is 2. The van der Waals surface area contributed by atoms with Crippen molar-refractivity contribution in [3.05, 3.63) is 52.0 Å². The van der Waals surface area contributed by atoms with Gasteiger partial charge in [-0.15, -0.1) is 11.3 Å². The summed E-state index contributed by atoms with van der Waals surface area (Å²) in [4.78, 5) is 17.6. The van der Waals surface area contributed by atoms with E-state index in [1.54, 1.807) is 11.3 Å². The van der Waals surface area contributed by atoms with Crippen LogP contribution in [0.4, 0.5) is 4.79 Å². The number of thiazole rings is 1. The van der Waals surface area contributed by atoms with Crippen LogP contribution >= 0.6 is 11.3 Å². The number of hydrogen-bond acceptors (Lipinski definition) is 3. The lowest BCUT2D eigenvalue weighted by Crippen LogP contribution is -2.42. The van der Waals surface area contributed by atoms with Gasteiger partial charge in [0.05, 0.1) is 6.54 Å². The van der Waals surface area contributed by atoms with Crippen molar-refractivity contribution in [3.63, 3.8) is 0 Å². The molecule has 4 nitrogen and oxygen atoms in total. The van der Waals surface area contributed by atoms with E-state index in [-0.39, 0.29) is 6.03 Å². The fraction of sp³-hybridized carbons (Fsp3) is 0.444. The molecule has 0 bridgehead atoms. The summed E-state index contributed by atoms with van der Waals surface area (Å²) in [6.45, 7) is 0.498. The maximum absolute atomic E-state index is 11.9. The second-order valence-corrected chi connectivity index (χ2v) is 7.24. The molecular weight excluding hydrogens is 306 g/mol. The second-order valence-electron chi connectivity index (χ2n) is 6.04. The number of hydrogen-bond donors (Lipinski definition) is 2. The van der Waals surface area contributed by atoms with Gasteiger partial charge in [-0.05, 0) is 18.4 Å². The predicted octanol–water partition coefficient (Wildman–Crippen LogP) is 3.87. The summed E-state index contributed by atoms with van der Waals surface area (Å²) in [7, 11) is 0. The molecule has 1 aromatic carbocycles. The van der Waals surface area contributed by atoms with Crippen LogP contribution in [0.5, 0.6) is 0 Å². The first-order valence-electron chi connectivity index (χ1n) is 8.31. The first kappa shape index (κ1) is 16.0. The van der Waals surface area contributed by atoms with Crippen LogP contribution in [0.15, 0.2) is 36.5 Å². The van der Waals surface area contributed by atoms with E-state index in [9.17, 15) is 4.79 Å². The van der Waals surface area contributed by atoms with E-state index in [1.165, 1.54) is 29.7 Å². The average Bonchev–Trinajstić information content (AvgIpc) is 3.02. The largest absolute Gasteiger partial charge is 0.335 e. The summed E-state index contributed by atoms with van der Waals surface area (Å²) in [6.07, 6.45) is 8.75. The van der Waals surface area contributed by atoms with Gasteiger partial charge in [0.25, 0.3) is 0 Å². The predicted molar refractivity (Wildman–Crippen MR) is 93.6 cm³/mol. The first-order valence-corrected chi connectivity index (χ1v) is 9.13. The highest BCUT2D eigenvalue weighted by Crippen LogP contribution is 2.18. The fourth-order valence-corrected chi connectivity index (χ4v) is 3.84. The zero-order valence-electron chi connectivity index (χ0n) is 13.3. The van der Waals surface area contributed by atoms with E-state index in [0.29, 0.717) is 12.6 Å². The van der Waals surface area contributed by atoms with Gasteiger partial charge in [-0.2, -0.15) is 0 Å². The Morgan fingerprint density at radius 2 is 1.96 bits per heavy atom. The van der Waals surface area contributed by atoms with Gasteiger partial charge in [0.15, 0.2) is 0 Å².